The van der Waals surface area contributed by atoms with Gasteiger partial charge in [-0.15, -0.1) is 12.4 Å². The SMILES string of the molecule is Cl.NC1(c2ccc(-c3nc4ccnc(Cl)c4cc3-c3ccccc3)cc2)CC1. The summed E-state index contributed by atoms with van der Waals surface area (Å²) >= 11 is 6.33. The monoisotopic (exact) mass is 407 g/mol. The number of nitrogens with two attached hydrogens (primary N) is 1. The van der Waals surface area contributed by atoms with E-state index in [9.17, 15) is 0 Å². The third-order valence-electron chi connectivity index (χ3n) is 5.30. The molecule has 1 aliphatic rings. The van der Waals surface area contributed by atoms with Crippen LogP contribution in [0.25, 0.3) is 33.3 Å². The summed E-state index contributed by atoms with van der Waals surface area (Å²) in [6, 6.07) is 22.7. The van der Waals surface area contributed by atoms with Crippen LogP contribution in [-0.2, 0) is 5.54 Å². The van der Waals surface area contributed by atoms with Crippen molar-refractivity contribution in [3.05, 3.63) is 83.6 Å². The molecule has 0 spiro atoms. The maximum Gasteiger partial charge on any atom is 0.138 e. The lowest BCUT2D eigenvalue weighted by Crippen LogP contribution is -2.18. The molecule has 3 nitrogen and oxygen atoms in total. The topological polar surface area (TPSA) is 51.8 Å². The third kappa shape index (κ3) is 3.26. The van der Waals surface area contributed by atoms with Gasteiger partial charge in [-0.05, 0) is 36.1 Å². The van der Waals surface area contributed by atoms with Crippen molar-refractivity contribution in [2.75, 3.05) is 0 Å². The first-order valence-electron chi connectivity index (χ1n) is 9.05. The maximum atomic E-state index is 6.33. The summed E-state index contributed by atoms with van der Waals surface area (Å²) < 4.78 is 0. The fourth-order valence-electron chi connectivity index (χ4n) is 3.50. The van der Waals surface area contributed by atoms with Crippen molar-refractivity contribution in [2.45, 2.75) is 18.4 Å². The van der Waals surface area contributed by atoms with Crippen LogP contribution < -0.4 is 5.73 Å². The lowest BCUT2D eigenvalue weighted by Gasteiger charge is -2.14. The molecule has 2 aromatic carbocycles. The lowest BCUT2D eigenvalue weighted by atomic mass is 9.96. The van der Waals surface area contributed by atoms with Gasteiger partial charge in [0.15, 0.2) is 0 Å². The molecule has 0 radical (unpaired) electrons. The third-order valence-corrected chi connectivity index (χ3v) is 5.60. The summed E-state index contributed by atoms with van der Waals surface area (Å²) in [5.74, 6) is 0. The Morgan fingerprint density at radius 3 is 2.29 bits per heavy atom. The number of aromatic nitrogens is 2. The summed E-state index contributed by atoms with van der Waals surface area (Å²) in [5, 5.41) is 1.33. The van der Waals surface area contributed by atoms with E-state index in [1.165, 1.54) is 5.56 Å². The zero-order chi connectivity index (χ0) is 18.4. The van der Waals surface area contributed by atoms with E-state index in [1.54, 1.807) is 6.20 Å². The van der Waals surface area contributed by atoms with Crippen LogP contribution in [0.1, 0.15) is 18.4 Å². The zero-order valence-corrected chi connectivity index (χ0v) is 16.7. The normalized spacial score (nSPS) is 14.5. The van der Waals surface area contributed by atoms with Crippen LogP contribution in [0.3, 0.4) is 0 Å². The molecule has 1 fully saturated rings. The van der Waals surface area contributed by atoms with Crippen molar-refractivity contribution >= 4 is 34.9 Å². The highest BCUT2D eigenvalue weighted by molar-refractivity contribution is 6.34. The quantitative estimate of drug-likeness (QED) is 0.424. The van der Waals surface area contributed by atoms with E-state index < -0.39 is 0 Å². The predicted octanol–water partition coefficient (Wildman–Crippen LogP) is 5.99. The molecule has 28 heavy (non-hydrogen) atoms. The van der Waals surface area contributed by atoms with Crippen molar-refractivity contribution in [2.24, 2.45) is 5.73 Å². The van der Waals surface area contributed by atoms with E-state index in [4.69, 9.17) is 22.3 Å². The number of fused-ring (bicyclic) bond motifs is 1. The maximum absolute atomic E-state index is 6.33. The molecule has 0 amide bonds. The molecular formula is C23H19Cl2N3. The van der Waals surface area contributed by atoms with Gasteiger partial charge in [0.2, 0.25) is 0 Å². The largest absolute Gasteiger partial charge is 0.321 e. The molecule has 2 heterocycles. The first-order valence-corrected chi connectivity index (χ1v) is 9.42. The standard InChI is InChI=1S/C23H18ClN3.ClH/c24-22-19-14-18(15-4-2-1-3-5-15)21(27-20(19)10-13-26-22)16-6-8-17(9-7-16)23(25)11-12-23;/h1-10,13-14H,11-12,25H2;1H. The number of nitrogens with zero attached hydrogens (tertiary/aromatic N) is 2. The van der Waals surface area contributed by atoms with Crippen molar-refractivity contribution in [1.29, 1.82) is 0 Å². The summed E-state index contributed by atoms with van der Waals surface area (Å²) in [4.78, 5) is 9.14. The predicted molar refractivity (Wildman–Crippen MR) is 118 cm³/mol. The van der Waals surface area contributed by atoms with Gasteiger partial charge in [0, 0.05) is 28.2 Å². The minimum absolute atomic E-state index is 0. The zero-order valence-electron chi connectivity index (χ0n) is 15.1. The Morgan fingerprint density at radius 2 is 1.61 bits per heavy atom. The number of pyridine rings is 2. The van der Waals surface area contributed by atoms with E-state index in [0.717, 1.165) is 46.1 Å². The minimum Gasteiger partial charge on any atom is -0.321 e. The smallest absolute Gasteiger partial charge is 0.138 e. The highest BCUT2D eigenvalue weighted by Gasteiger charge is 2.39. The van der Waals surface area contributed by atoms with Crippen molar-refractivity contribution in [3.63, 3.8) is 0 Å². The second-order valence-electron chi connectivity index (χ2n) is 7.15. The molecule has 5 rings (SSSR count). The number of benzene rings is 2. The number of hydrogen-bond donors (Lipinski definition) is 1. The molecule has 2 N–H and O–H groups in total. The van der Waals surface area contributed by atoms with Crippen LogP contribution in [0.5, 0.6) is 0 Å². The average molecular weight is 408 g/mol. The van der Waals surface area contributed by atoms with E-state index in [0.29, 0.717) is 5.15 Å². The first kappa shape index (κ1) is 18.9. The number of halogens is 2. The molecule has 5 heteroatoms. The Kier molecular flexibility index (Phi) is 4.84. The average Bonchev–Trinajstić information content (AvgIpc) is 3.47. The van der Waals surface area contributed by atoms with Gasteiger partial charge in [0.05, 0.1) is 11.2 Å². The Balaban J connectivity index is 0.00000192. The molecule has 2 aromatic heterocycles. The molecule has 1 saturated carbocycles. The van der Waals surface area contributed by atoms with Crippen molar-refractivity contribution in [3.8, 4) is 22.4 Å². The van der Waals surface area contributed by atoms with Crippen LogP contribution in [0.4, 0.5) is 0 Å². The van der Waals surface area contributed by atoms with E-state index >= 15 is 0 Å². The molecule has 140 valence electrons. The second kappa shape index (κ2) is 7.17. The summed E-state index contributed by atoms with van der Waals surface area (Å²) in [5.41, 5.74) is 12.4. The van der Waals surface area contributed by atoms with Gasteiger partial charge >= 0.3 is 0 Å². The Labute approximate surface area is 175 Å². The van der Waals surface area contributed by atoms with Crippen LogP contribution in [0.15, 0.2) is 72.9 Å². The number of hydrogen-bond acceptors (Lipinski definition) is 3. The molecule has 4 aromatic rings. The Bertz CT molecular complexity index is 1140. The van der Waals surface area contributed by atoms with Gasteiger partial charge in [-0.3, -0.25) is 0 Å². The van der Waals surface area contributed by atoms with Crippen LogP contribution >= 0.6 is 24.0 Å². The van der Waals surface area contributed by atoms with Gasteiger partial charge in [-0.2, -0.15) is 0 Å². The van der Waals surface area contributed by atoms with Gasteiger partial charge in [0.1, 0.15) is 5.15 Å². The van der Waals surface area contributed by atoms with E-state index in [1.807, 2.05) is 24.3 Å². The Morgan fingerprint density at radius 1 is 0.893 bits per heavy atom. The molecular weight excluding hydrogens is 389 g/mol. The number of rotatable bonds is 3. The minimum atomic E-state index is -0.128. The van der Waals surface area contributed by atoms with Crippen LogP contribution in [0.2, 0.25) is 5.15 Å². The highest BCUT2D eigenvalue weighted by atomic mass is 35.5. The molecule has 0 atom stereocenters. The van der Waals surface area contributed by atoms with Crippen LogP contribution in [-0.4, -0.2) is 9.97 Å². The van der Waals surface area contributed by atoms with Crippen molar-refractivity contribution in [1.82, 2.24) is 9.97 Å². The summed E-state index contributed by atoms with van der Waals surface area (Å²) in [7, 11) is 0. The van der Waals surface area contributed by atoms with Gasteiger partial charge in [0.25, 0.3) is 0 Å². The van der Waals surface area contributed by atoms with Crippen molar-refractivity contribution < 1.29 is 0 Å². The molecule has 0 bridgehead atoms. The molecule has 0 saturated heterocycles. The van der Waals surface area contributed by atoms with Gasteiger partial charge < -0.3 is 5.73 Å². The molecule has 0 aliphatic heterocycles. The molecule has 1 aliphatic carbocycles. The fourth-order valence-corrected chi connectivity index (χ4v) is 3.71. The lowest BCUT2D eigenvalue weighted by molar-refractivity contribution is 0.740. The first-order chi connectivity index (χ1) is 13.1. The van der Waals surface area contributed by atoms with Gasteiger partial charge in [-0.25, -0.2) is 9.97 Å². The summed E-state index contributed by atoms with van der Waals surface area (Å²) in [6.07, 6.45) is 3.81. The highest BCUT2D eigenvalue weighted by Crippen LogP contribution is 2.43. The summed E-state index contributed by atoms with van der Waals surface area (Å²) in [6.45, 7) is 0. The van der Waals surface area contributed by atoms with E-state index in [2.05, 4.69) is 47.4 Å². The fraction of sp³-hybridized carbons (Fsp3) is 0.130. The van der Waals surface area contributed by atoms with Gasteiger partial charge in [-0.1, -0.05) is 66.2 Å². The van der Waals surface area contributed by atoms with E-state index in [-0.39, 0.29) is 17.9 Å². The Hall–Kier alpha value is -2.46. The van der Waals surface area contributed by atoms with Crippen LogP contribution in [0, 0.1) is 0 Å². The molecule has 0 unspecified atom stereocenters. The second-order valence-corrected chi connectivity index (χ2v) is 7.51.